The van der Waals surface area contributed by atoms with Crippen molar-refractivity contribution in [1.82, 2.24) is 10.2 Å². The van der Waals surface area contributed by atoms with Crippen LogP contribution in [0.5, 0.6) is 0 Å². The van der Waals surface area contributed by atoms with Crippen LogP contribution in [0.1, 0.15) is 5.56 Å². The first-order valence-corrected chi connectivity index (χ1v) is 7.99. The second-order valence-corrected chi connectivity index (χ2v) is 6.77. The summed E-state index contributed by atoms with van der Waals surface area (Å²) >= 11 is 8.97. The number of sulfonamides is 1. The highest BCUT2D eigenvalue weighted by Gasteiger charge is 2.19. The zero-order valence-corrected chi connectivity index (χ0v) is 13.4. The van der Waals surface area contributed by atoms with Gasteiger partial charge >= 0.3 is 0 Å². The molecule has 0 fully saturated rings. The Hall–Kier alpha value is -1.78. The number of anilines is 1. The van der Waals surface area contributed by atoms with Crippen LogP contribution < -0.4 is 10.5 Å². The Kier molecular flexibility index (Phi) is 4.40. The minimum absolute atomic E-state index is 0.0150. The molecule has 0 radical (unpaired) electrons. The van der Waals surface area contributed by atoms with E-state index in [1.54, 1.807) is 0 Å². The van der Waals surface area contributed by atoms with Crippen molar-refractivity contribution in [3.63, 3.8) is 0 Å². The number of hydrogen-bond donors (Lipinski definition) is 4. The van der Waals surface area contributed by atoms with E-state index in [0.717, 1.165) is 0 Å². The molecule has 8 nitrogen and oxygen atoms in total. The molecule has 11 heteroatoms. The van der Waals surface area contributed by atoms with Crippen molar-refractivity contribution in [1.29, 1.82) is 0 Å². The smallest absolute Gasteiger partial charge is 0.263 e. The maximum atomic E-state index is 12.3. The minimum atomic E-state index is -3.89. The standard InChI is InChI=1S/C10H9BrClN5O3S/c11-7-3-5(1-2-8(7)12)21(19,20)17-10-6(4-14-15-10)9(13)16-18/h1-4,18H,(H2,13,16)(H2,14,15,17). The van der Waals surface area contributed by atoms with Crippen LogP contribution >= 0.6 is 27.5 Å². The molecule has 2 aromatic rings. The lowest BCUT2D eigenvalue weighted by Gasteiger charge is -2.08. The number of nitrogens with one attached hydrogen (secondary N) is 2. The molecular weight excluding hydrogens is 386 g/mol. The van der Waals surface area contributed by atoms with Gasteiger partial charge in [-0.2, -0.15) is 5.10 Å². The zero-order valence-electron chi connectivity index (χ0n) is 10.2. The minimum Gasteiger partial charge on any atom is -0.409 e. The molecule has 0 bridgehead atoms. The second kappa shape index (κ2) is 5.92. The van der Waals surface area contributed by atoms with E-state index in [1.807, 2.05) is 0 Å². The van der Waals surface area contributed by atoms with Gasteiger partial charge in [-0.15, -0.1) is 0 Å². The van der Waals surface area contributed by atoms with Gasteiger partial charge in [-0.1, -0.05) is 16.8 Å². The molecule has 0 atom stereocenters. The Morgan fingerprint density at radius 2 is 2.24 bits per heavy atom. The quantitative estimate of drug-likeness (QED) is 0.271. The molecule has 0 saturated heterocycles. The third-order valence-electron chi connectivity index (χ3n) is 2.46. The zero-order chi connectivity index (χ0) is 15.6. The first kappa shape index (κ1) is 15.6. The number of oxime groups is 1. The van der Waals surface area contributed by atoms with Crippen LogP contribution in [0, 0.1) is 0 Å². The van der Waals surface area contributed by atoms with Gasteiger partial charge in [-0.25, -0.2) is 8.42 Å². The lowest BCUT2D eigenvalue weighted by Crippen LogP contribution is -2.18. The van der Waals surface area contributed by atoms with Crippen molar-refractivity contribution < 1.29 is 13.6 Å². The lowest BCUT2D eigenvalue weighted by molar-refractivity contribution is 0.318. The molecule has 1 heterocycles. The van der Waals surface area contributed by atoms with Gasteiger partial charge in [0.15, 0.2) is 5.84 Å². The van der Waals surface area contributed by atoms with Crippen molar-refractivity contribution in [2.45, 2.75) is 4.90 Å². The highest BCUT2D eigenvalue weighted by atomic mass is 79.9. The first-order valence-electron chi connectivity index (χ1n) is 5.34. The Balaban J connectivity index is 2.38. The topological polar surface area (TPSA) is 133 Å². The van der Waals surface area contributed by atoms with Gasteiger partial charge in [0.05, 0.1) is 21.7 Å². The summed E-state index contributed by atoms with van der Waals surface area (Å²) in [5.74, 6) is -0.296. The Bertz CT molecular complexity index is 805. The van der Waals surface area contributed by atoms with Gasteiger partial charge in [0, 0.05) is 4.47 Å². The van der Waals surface area contributed by atoms with Crippen LogP contribution in [0.15, 0.2) is 38.9 Å². The van der Waals surface area contributed by atoms with Crippen LogP contribution in [0.2, 0.25) is 5.02 Å². The number of aromatic nitrogens is 2. The van der Waals surface area contributed by atoms with Gasteiger partial charge in [-0.3, -0.25) is 9.82 Å². The number of rotatable bonds is 4. The molecule has 112 valence electrons. The third-order valence-corrected chi connectivity index (χ3v) is 5.02. The van der Waals surface area contributed by atoms with Crippen molar-refractivity contribution in [3.05, 3.63) is 39.5 Å². The molecule has 21 heavy (non-hydrogen) atoms. The summed E-state index contributed by atoms with van der Waals surface area (Å²) in [6.45, 7) is 0. The molecule has 1 aromatic heterocycles. The predicted molar refractivity (Wildman–Crippen MR) is 81.1 cm³/mol. The van der Waals surface area contributed by atoms with E-state index in [1.165, 1.54) is 24.4 Å². The normalized spacial score (nSPS) is 12.4. The summed E-state index contributed by atoms with van der Waals surface area (Å²) in [4.78, 5) is -0.0150. The predicted octanol–water partition coefficient (Wildman–Crippen LogP) is 1.72. The maximum absolute atomic E-state index is 12.3. The van der Waals surface area contributed by atoms with Gasteiger partial charge in [0.1, 0.15) is 5.82 Å². The van der Waals surface area contributed by atoms with E-state index < -0.39 is 10.0 Å². The van der Waals surface area contributed by atoms with E-state index in [0.29, 0.717) is 9.50 Å². The van der Waals surface area contributed by atoms with Gasteiger partial charge in [0.2, 0.25) is 0 Å². The largest absolute Gasteiger partial charge is 0.409 e. The third kappa shape index (κ3) is 3.28. The number of halogens is 2. The fraction of sp³-hybridized carbons (Fsp3) is 0. The number of hydrogen-bond acceptors (Lipinski definition) is 5. The fourth-order valence-electron chi connectivity index (χ4n) is 1.45. The van der Waals surface area contributed by atoms with Crippen molar-refractivity contribution in [2.24, 2.45) is 10.9 Å². The number of H-pyrrole nitrogens is 1. The Morgan fingerprint density at radius 3 is 2.86 bits per heavy atom. The number of aromatic amines is 1. The highest BCUT2D eigenvalue weighted by Crippen LogP contribution is 2.26. The van der Waals surface area contributed by atoms with E-state index in [-0.39, 0.29) is 22.1 Å². The van der Waals surface area contributed by atoms with Crippen LogP contribution in [0.4, 0.5) is 5.82 Å². The maximum Gasteiger partial charge on any atom is 0.263 e. The molecule has 0 saturated carbocycles. The van der Waals surface area contributed by atoms with Crippen LogP contribution in [-0.2, 0) is 10.0 Å². The van der Waals surface area contributed by atoms with Crippen LogP contribution in [0.3, 0.4) is 0 Å². The Labute approximate surface area is 133 Å². The average Bonchev–Trinajstić information content (AvgIpc) is 2.88. The van der Waals surface area contributed by atoms with Crippen molar-refractivity contribution >= 4 is 49.2 Å². The van der Waals surface area contributed by atoms with E-state index >= 15 is 0 Å². The SMILES string of the molecule is N/C(=N/O)c1cn[nH]c1NS(=O)(=O)c1ccc(Cl)c(Br)c1. The van der Waals surface area contributed by atoms with E-state index in [2.05, 4.69) is 36.0 Å². The summed E-state index contributed by atoms with van der Waals surface area (Å²) in [6.07, 6.45) is 1.23. The van der Waals surface area contributed by atoms with Gasteiger partial charge in [0.25, 0.3) is 10.0 Å². The lowest BCUT2D eigenvalue weighted by atomic mass is 10.3. The average molecular weight is 395 g/mol. The number of nitrogens with two attached hydrogens (primary N) is 1. The molecule has 0 aliphatic rings. The molecule has 0 aliphatic heterocycles. The second-order valence-electron chi connectivity index (χ2n) is 3.83. The summed E-state index contributed by atoms with van der Waals surface area (Å²) in [5.41, 5.74) is 5.54. The molecular formula is C10H9BrClN5O3S. The van der Waals surface area contributed by atoms with Gasteiger partial charge < -0.3 is 10.9 Å². The summed E-state index contributed by atoms with van der Waals surface area (Å²) in [7, 11) is -3.89. The van der Waals surface area contributed by atoms with E-state index in [9.17, 15) is 8.42 Å². The van der Waals surface area contributed by atoms with Crippen molar-refractivity contribution in [2.75, 3.05) is 4.72 Å². The Morgan fingerprint density at radius 1 is 1.52 bits per heavy atom. The van der Waals surface area contributed by atoms with Crippen LogP contribution in [0.25, 0.3) is 0 Å². The first-order chi connectivity index (χ1) is 9.85. The molecule has 0 amide bonds. The van der Waals surface area contributed by atoms with E-state index in [4.69, 9.17) is 22.5 Å². The molecule has 5 N–H and O–H groups in total. The number of amidine groups is 1. The number of nitrogens with zero attached hydrogens (tertiary/aromatic N) is 2. The summed E-state index contributed by atoms with van der Waals surface area (Å²) in [5, 5.41) is 17.9. The molecule has 0 unspecified atom stereocenters. The molecule has 0 aliphatic carbocycles. The molecule has 1 aromatic carbocycles. The van der Waals surface area contributed by atoms with Gasteiger partial charge in [-0.05, 0) is 34.1 Å². The highest BCUT2D eigenvalue weighted by molar-refractivity contribution is 9.10. The molecule has 2 rings (SSSR count). The summed E-state index contributed by atoms with van der Waals surface area (Å²) in [6, 6.07) is 4.14. The number of benzene rings is 1. The summed E-state index contributed by atoms with van der Waals surface area (Å²) < 4.78 is 27.2. The monoisotopic (exact) mass is 393 g/mol. The van der Waals surface area contributed by atoms with Crippen molar-refractivity contribution in [3.8, 4) is 0 Å². The fourth-order valence-corrected chi connectivity index (χ4v) is 3.16. The molecule has 0 spiro atoms. The van der Waals surface area contributed by atoms with Crippen LogP contribution in [-0.4, -0.2) is 29.7 Å².